The molecule has 1 saturated heterocycles. The Hall–Kier alpha value is -3.03. The molecule has 146 valence electrons. The summed E-state index contributed by atoms with van der Waals surface area (Å²) in [5.74, 6) is -0.177. The molecule has 6 nitrogen and oxygen atoms in total. The Bertz CT molecular complexity index is 1070. The zero-order valence-electron chi connectivity index (χ0n) is 15.8. The van der Waals surface area contributed by atoms with E-state index in [2.05, 4.69) is 39.5 Å². The van der Waals surface area contributed by atoms with Crippen molar-refractivity contribution in [2.45, 2.75) is 6.42 Å². The average molecular weight is 404 g/mol. The molecule has 1 aromatic heterocycles. The molecule has 1 fully saturated rings. The van der Waals surface area contributed by atoms with E-state index in [4.69, 9.17) is 9.73 Å². The molecule has 2 aromatic carbocycles. The Labute approximate surface area is 172 Å². The molecule has 0 bridgehead atoms. The lowest BCUT2D eigenvalue weighted by Gasteiger charge is -2.29. The molecule has 0 radical (unpaired) electrons. The van der Waals surface area contributed by atoms with Crippen molar-refractivity contribution in [2.24, 2.45) is 4.99 Å². The first-order chi connectivity index (χ1) is 14.3. The highest BCUT2D eigenvalue weighted by Gasteiger charge is 2.23. The molecule has 3 heterocycles. The number of aromatic nitrogens is 1. The Kier molecular flexibility index (Phi) is 4.83. The number of amides is 1. The lowest BCUT2D eigenvalue weighted by atomic mass is 10.0. The number of fused-ring (bicyclic) bond motifs is 1. The number of carbonyl (C=O) groups is 1. The van der Waals surface area contributed by atoms with Gasteiger partial charge >= 0.3 is 0 Å². The Balaban J connectivity index is 1.43. The van der Waals surface area contributed by atoms with E-state index >= 15 is 0 Å². The van der Waals surface area contributed by atoms with E-state index in [0.29, 0.717) is 10.7 Å². The molecular weight excluding hydrogens is 384 g/mol. The summed E-state index contributed by atoms with van der Waals surface area (Å²) in [5, 5.41) is 5.28. The maximum absolute atomic E-state index is 12.7. The average Bonchev–Trinajstić information content (AvgIpc) is 3.44. The predicted octanol–water partition coefficient (Wildman–Crippen LogP) is 3.91. The summed E-state index contributed by atoms with van der Waals surface area (Å²) in [4.78, 5) is 24.1. The molecule has 29 heavy (non-hydrogen) atoms. The van der Waals surface area contributed by atoms with Crippen molar-refractivity contribution in [3.63, 3.8) is 0 Å². The van der Waals surface area contributed by atoms with Crippen LogP contribution < -0.4 is 10.2 Å². The van der Waals surface area contributed by atoms with Crippen LogP contribution in [-0.2, 0) is 11.2 Å². The van der Waals surface area contributed by atoms with Crippen LogP contribution in [0.4, 0.5) is 16.5 Å². The second-order valence-electron chi connectivity index (χ2n) is 6.99. The van der Waals surface area contributed by atoms with Crippen LogP contribution in [0, 0.1) is 0 Å². The van der Waals surface area contributed by atoms with Crippen LogP contribution in [0.2, 0.25) is 0 Å². The minimum atomic E-state index is -0.177. The van der Waals surface area contributed by atoms with Crippen molar-refractivity contribution in [2.75, 3.05) is 36.5 Å². The molecule has 5 rings (SSSR count). The molecule has 2 aliphatic rings. The highest BCUT2D eigenvalue weighted by molar-refractivity contribution is 7.13. The number of carbonyl (C=O) groups excluding carboxylic acids is 1. The molecule has 0 atom stereocenters. The number of anilines is 2. The molecule has 2 aliphatic heterocycles. The van der Waals surface area contributed by atoms with Gasteiger partial charge in [-0.25, -0.2) is 4.98 Å². The van der Waals surface area contributed by atoms with Crippen molar-refractivity contribution < 1.29 is 9.53 Å². The van der Waals surface area contributed by atoms with Crippen LogP contribution >= 0.6 is 11.3 Å². The molecule has 1 amide bonds. The molecule has 1 N–H and O–H groups in total. The van der Waals surface area contributed by atoms with E-state index in [9.17, 15) is 4.79 Å². The summed E-state index contributed by atoms with van der Waals surface area (Å²) in [5.41, 5.74) is 5.68. The standard InChI is InChI=1S/C22H20N4O2S/c27-21(25-22-23-7-12-29-22)18-6-2-4-16-14-19(24-20(16)18)15-3-1-5-17(13-15)26-8-10-28-11-9-26/h1-7,12-13H,8-11,14H2,(H,23,25,27). The van der Waals surface area contributed by atoms with E-state index < -0.39 is 0 Å². The first-order valence-electron chi connectivity index (χ1n) is 9.61. The van der Waals surface area contributed by atoms with Crippen molar-refractivity contribution in [1.29, 1.82) is 0 Å². The van der Waals surface area contributed by atoms with Crippen LogP contribution in [0.25, 0.3) is 0 Å². The Morgan fingerprint density at radius 1 is 1.14 bits per heavy atom. The quantitative estimate of drug-likeness (QED) is 0.716. The molecule has 3 aromatic rings. The van der Waals surface area contributed by atoms with Gasteiger partial charge in [0.2, 0.25) is 0 Å². The maximum atomic E-state index is 12.7. The summed E-state index contributed by atoms with van der Waals surface area (Å²) < 4.78 is 5.46. The van der Waals surface area contributed by atoms with Gasteiger partial charge in [0.1, 0.15) is 0 Å². The monoisotopic (exact) mass is 404 g/mol. The zero-order valence-corrected chi connectivity index (χ0v) is 16.6. The third-order valence-electron chi connectivity index (χ3n) is 5.18. The number of rotatable bonds is 4. The largest absolute Gasteiger partial charge is 0.378 e. The van der Waals surface area contributed by atoms with Crippen LogP contribution in [0.15, 0.2) is 59.0 Å². The zero-order chi connectivity index (χ0) is 19.6. The fourth-order valence-electron chi connectivity index (χ4n) is 3.72. The summed E-state index contributed by atoms with van der Waals surface area (Å²) in [6.07, 6.45) is 2.40. The fraction of sp³-hybridized carbons (Fsp3) is 0.227. The summed E-state index contributed by atoms with van der Waals surface area (Å²) in [6, 6.07) is 14.2. The van der Waals surface area contributed by atoms with Gasteiger partial charge in [-0.1, -0.05) is 24.3 Å². The third-order valence-corrected chi connectivity index (χ3v) is 5.87. The Morgan fingerprint density at radius 2 is 2.00 bits per heavy atom. The third kappa shape index (κ3) is 3.66. The number of para-hydroxylation sites is 1. The minimum Gasteiger partial charge on any atom is -0.378 e. The molecule has 0 unspecified atom stereocenters. The van der Waals surface area contributed by atoms with Crippen molar-refractivity contribution in [3.05, 3.63) is 70.7 Å². The van der Waals surface area contributed by atoms with E-state index in [1.54, 1.807) is 6.20 Å². The van der Waals surface area contributed by atoms with E-state index in [-0.39, 0.29) is 5.91 Å². The second kappa shape index (κ2) is 7.77. The highest BCUT2D eigenvalue weighted by Crippen LogP contribution is 2.33. The van der Waals surface area contributed by atoms with Gasteiger partial charge in [0.15, 0.2) is 5.13 Å². The topological polar surface area (TPSA) is 66.8 Å². The minimum absolute atomic E-state index is 0.177. The first kappa shape index (κ1) is 18.0. The number of benzene rings is 2. The van der Waals surface area contributed by atoms with Crippen molar-refractivity contribution in [1.82, 2.24) is 4.98 Å². The number of nitrogens with zero attached hydrogens (tertiary/aromatic N) is 3. The number of nitrogens with one attached hydrogen (secondary N) is 1. The number of thiazole rings is 1. The first-order valence-corrected chi connectivity index (χ1v) is 10.5. The predicted molar refractivity (Wildman–Crippen MR) is 116 cm³/mol. The van der Waals surface area contributed by atoms with Crippen LogP contribution in [0.3, 0.4) is 0 Å². The SMILES string of the molecule is O=C(Nc1nccs1)c1cccc2c1N=C(c1cccc(N3CCOCC3)c1)C2. The highest BCUT2D eigenvalue weighted by atomic mass is 32.1. The van der Waals surface area contributed by atoms with Crippen molar-refractivity contribution in [3.8, 4) is 0 Å². The van der Waals surface area contributed by atoms with Crippen molar-refractivity contribution >= 4 is 39.5 Å². The van der Waals surface area contributed by atoms with Gasteiger partial charge in [0, 0.05) is 36.8 Å². The number of ether oxygens (including phenoxy) is 1. The fourth-order valence-corrected chi connectivity index (χ4v) is 4.25. The molecule has 7 heteroatoms. The van der Waals surface area contributed by atoms with Gasteiger partial charge in [-0.15, -0.1) is 11.3 Å². The lowest BCUT2D eigenvalue weighted by Crippen LogP contribution is -2.36. The van der Waals surface area contributed by atoms with Gasteiger partial charge in [-0.2, -0.15) is 0 Å². The second-order valence-corrected chi connectivity index (χ2v) is 7.88. The molecule has 0 saturated carbocycles. The van der Waals surface area contributed by atoms with E-state index in [0.717, 1.165) is 55.3 Å². The Morgan fingerprint density at radius 3 is 2.83 bits per heavy atom. The van der Waals surface area contributed by atoms with Crippen LogP contribution in [0.5, 0.6) is 0 Å². The lowest BCUT2D eigenvalue weighted by molar-refractivity contribution is 0.102. The normalized spacial score (nSPS) is 15.7. The summed E-state index contributed by atoms with van der Waals surface area (Å²) in [6.45, 7) is 3.32. The maximum Gasteiger partial charge on any atom is 0.259 e. The molecule has 0 aliphatic carbocycles. The summed E-state index contributed by atoms with van der Waals surface area (Å²) in [7, 11) is 0. The summed E-state index contributed by atoms with van der Waals surface area (Å²) >= 11 is 1.40. The van der Waals surface area contributed by atoms with Gasteiger partial charge in [-0.3, -0.25) is 15.1 Å². The van der Waals surface area contributed by atoms with Gasteiger partial charge < -0.3 is 9.64 Å². The van der Waals surface area contributed by atoms with Crippen LogP contribution in [-0.4, -0.2) is 42.9 Å². The van der Waals surface area contributed by atoms with E-state index in [1.165, 1.54) is 17.0 Å². The number of hydrogen-bond donors (Lipinski definition) is 1. The van der Waals surface area contributed by atoms with Gasteiger partial charge in [0.25, 0.3) is 5.91 Å². The number of morpholine rings is 1. The molecular formula is C22H20N4O2S. The number of aliphatic imine (C=N–C) groups is 1. The van der Waals surface area contributed by atoms with E-state index in [1.807, 2.05) is 23.6 Å². The van der Waals surface area contributed by atoms with Crippen LogP contribution in [0.1, 0.15) is 21.5 Å². The van der Waals surface area contributed by atoms with Gasteiger partial charge in [0.05, 0.1) is 30.2 Å². The van der Waals surface area contributed by atoms with Gasteiger partial charge in [-0.05, 0) is 29.3 Å². The number of hydrogen-bond acceptors (Lipinski definition) is 6. The molecule has 0 spiro atoms. The smallest absolute Gasteiger partial charge is 0.259 e.